The lowest BCUT2D eigenvalue weighted by Gasteiger charge is -2.08. The molecule has 2 aromatic rings. The summed E-state index contributed by atoms with van der Waals surface area (Å²) in [4.78, 5) is 32.9. The van der Waals surface area contributed by atoms with Crippen LogP contribution in [0.3, 0.4) is 0 Å². The number of carbonyl (C=O) groups is 1. The van der Waals surface area contributed by atoms with E-state index in [0.717, 1.165) is 36.4 Å². The summed E-state index contributed by atoms with van der Waals surface area (Å²) in [5, 5.41) is 21.4. The maximum atomic E-state index is 12.1. The summed E-state index contributed by atoms with van der Waals surface area (Å²) in [6, 6.07) is 9.02. The molecule has 0 aliphatic carbocycles. The molecule has 130 valence electrons. The molecular formula is C13H10N4O7S. The summed E-state index contributed by atoms with van der Waals surface area (Å²) >= 11 is 0. The van der Waals surface area contributed by atoms with Crippen molar-refractivity contribution in [2.75, 3.05) is 0 Å². The van der Waals surface area contributed by atoms with Gasteiger partial charge in [0.15, 0.2) is 4.90 Å². The molecule has 12 heteroatoms. The average Bonchev–Trinajstić information content (AvgIpc) is 2.59. The number of carbonyl (C=O) groups excluding carboxylic acids is 1. The minimum atomic E-state index is -4.39. The first-order valence-electron chi connectivity index (χ1n) is 6.52. The SMILES string of the molecule is O=C(NNS(=O)(=O)c1ccccc1[N+](=O)[O-])c1ccc([N+](=O)[O-])cc1. The van der Waals surface area contributed by atoms with Gasteiger partial charge in [-0.3, -0.25) is 30.4 Å². The molecule has 0 aliphatic rings. The lowest BCUT2D eigenvalue weighted by Crippen LogP contribution is -2.41. The smallest absolute Gasteiger partial charge is 0.273 e. The Morgan fingerprint density at radius 2 is 1.52 bits per heavy atom. The highest BCUT2D eigenvalue weighted by Gasteiger charge is 2.25. The first-order valence-corrected chi connectivity index (χ1v) is 8.01. The summed E-state index contributed by atoms with van der Waals surface area (Å²) in [6.45, 7) is 0. The van der Waals surface area contributed by atoms with Crippen molar-refractivity contribution in [3.8, 4) is 0 Å². The molecule has 2 aromatic carbocycles. The number of benzene rings is 2. The predicted octanol–water partition coefficient (Wildman–Crippen LogP) is 1.13. The number of non-ortho nitro benzene ring substituents is 1. The van der Waals surface area contributed by atoms with E-state index >= 15 is 0 Å². The largest absolute Gasteiger partial charge is 0.289 e. The van der Waals surface area contributed by atoms with E-state index in [1.807, 2.05) is 5.43 Å². The van der Waals surface area contributed by atoms with Gasteiger partial charge in [-0.2, -0.15) is 0 Å². The van der Waals surface area contributed by atoms with Crippen molar-refractivity contribution >= 4 is 27.3 Å². The Morgan fingerprint density at radius 1 is 0.920 bits per heavy atom. The number of sulfonamides is 1. The molecule has 1 amide bonds. The fourth-order valence-electron chi connectivity index (χ4n) is 1.81. The van der Waals surface area contributed by atoms with Gasteiger partial charge < -0.3 is 0 Å². The normalized spacial score (nSPS) is 10.9. The van der Waals surface area contributed by atoms with Gasteiger partial charge in [-0.25, -0.2) is 8.42 Å². The maximum Gasteiger partial charge on any atom is 0.289 e. The number of nitrogens with zero attached hydrogens (tertiary/aromatic N) is 2. The quantitative estimate of drug-likeness (QED) is 0.572. The van der Waals surface area contributed by atoms with E-state index in [1.54, 1.807) is 4.83 Å². The molecule has 0 radical (unpaired) electrons. The van der Waals surface area contributed by atoms with E-state index in [2.05, 4.69) is 0 Å². The standard InChI is InChI=1S/C13H10N4O7S/c18-13(9-5-7-10(8-6-9)16(19)20)14-15-25(23,24)12-4-2-1-3-11(12)17(21)22/h1-8,15H,(H,14,18). The molecule has 25 heavy (non-hydrogen) atoms. The van der Waals surface area contributed by atoms with Crippen LogP contribution in [-0.4, -0.2) is 24.2 Å². The fourth-order valence-corrected chi connectivity index (χ4v) is 2.82. The molecule has 0 atom stereocenters. The molecule has 0 aromatic heterocycles. The third-order valence-electron chi connectivity index (χ3n) is 2.99. The van der Waals surface area contributed by atoms with Crippen molar-refractivity contribution in [1.29, 1.82) is 0 Å². The van der Waals surface area contributed by atoms with E-state index in [0.29, 0.717) is 0 Å². The van der Waals surface area contributed by atoms with Gasteiger partial charge in [0.1, 0.15) is 0 Å². The van der Waals surface area contributed by atoms with Crippen molar-refractivity contribution < 1.29 is 23.1 Å². The molecule has 0 aliphatic heterocycles. The molecule has 0 heterocycles. The zero-order valence-corrected chi connectivity index (χ0v) is 13.1. The highest BCUT2D eigenvalue weighted by atomic mass is 32.2. The molecule has 11 nitrogen and oxygen atoms in total. The minimum absolute atomic E-state index is 0.0455. The Kier molecular flexibility index (Phi) is 5.05. The monoisotopic (exact) mass is 366 g/mol. The van der Waals surface area contributed by atoms with Crippen LogP contribution in [0.25, 0.3) is 0 Å². The van der Waals surface area contributed by atoms with Crippen molar-refractivity contribution in [1.82, 2.24) is 10.3 Å². The van der Waals surface area contributed by atoms with Gasteiger partial charge in [0.25, 0.3) is 27.3 Å². The van der Waals surface area contributed by atoms with Crippen LogP contribution >= 0.6 is 0 Å². The molecule has 0 saturated heterocycles. The molecule has 0 spiro atoms. The molecule has 0 unspecified atom stereocenters. The maximum absolute atomic E-state index is 12.1. The summed E-state index contributed by atoms with van der Waals surface area (Å²) < 4.78 is 24.2. The number of hydrazine groups is 1. The topological polar surface area (TPSA) is 162 Å². The summed E-state index contributed by atoms with van der Waals surface area (Å²) in [6.07, 6.45) is 0. The second-order valence-corrected chi connectivity index (χ2v) is 6.24. The third-order valence-corrected chi connectivity index (χ3v) is 4.29. The number of nitro groups is 2. The Bertz CT molecular complexity index is 941. The molecule has 2 N–H and O–H groups in total. The van der Waals surface area contributed by atoms with Crippen LogP contribution in [-0.2, 0) is 10.0 Å². The summed E-state index contributed by atoms with van der Waals surface area (Å²) in [5.41, 5.74) is 0.946. The Hall–Kier alpha value is -3.38. The van der Waals surface area contributed by atoms with Crippen molar-refractivity contribution in [2.45, 2.75) is 4.90 Å². The molecule has 0 saturated carbocycles. The highest BCUT2D eigenvalue weighted by Crippen LogP contribution is 2.22. The van der Waals surface area contributed by atoms with Crippen LogP contribution in [0.4, 0.5) is 11.4 Å². The van der Waals surface area contributed by atoms with Gasteiger partial charge in [0.2, 0.25) is 0 Å². The van der Waals surface area contributed by atoms with Crippen LogP contribution in [0.15, 0.2) is 53.4 Å². The van der Waals surface area contributed by atoms with E-state index < -0.39 is 36.4 Å². The lowest BCUT2D eigenvalue weighted by molar-refractivity contribution is -0.387. The van der Waals surface area contributed by atoms with Gasteiger partial charge in [-0.1, -0.05) is 12.1 Å². The van der Waals surface area contributed by atoms with Gasteiger partial charge in [0.05, 0.1) is 9.85 Å². The number of para-hydroxylation sites is 1. The molecule has 0 fully saturated rings. The van der Waals surface area contributed by atoms with Crippen molar-refractivity contribution in [2.24, 2.45) is 0 Å². The molecule has 2 rings (SSSR count). The number of hydrogen-bond donors (Lipinski definition) is 2. The van der Waals surface area contributed by atoms with Gasteiger partial charge >= 0.3 is 0 Å². The number of hydrogen-bond acceptors (Lipinski definition) is 7. The number of amides is 1. The third kappa shape index (κ3) is 4.13. The van der Waals surface area contributed by atoms with Crippen molar-refractivity contribution in [3.63, 3.8) is 0 Å². The Morgan fingerprint density at radius 3 is 2.08 bits per heavy atom. The Labute approximate surface area is 140 Å². The molecule has 0 bridgehead atoms. The van der Waals surface area contributed by atoms with E-state index in [9.17, 15) is 33.4 Å². The number of nitrogens with one attached hydrogen (secondary N) is 2. The summed E-state index contributed by atoms with van der Waals surface area (Å²) in [5.74, 6) is -0.892. The molecular weight excluding hydrogens is 356 g/mol. The minimum Gasteiger partial charge on any atom is -0.273 e. The second-order valence-electron chi connectivity index (χ2n) is 4.59. The zero-order chi connectivity index (χ0) is 18.6. The van der Waals surface area contributed by atoms with Crippen LogP contribution in [0.1, 0.15) is 10.4 Å². The summed E-state index contributed by atoms with van der Waals surface area (Å²) in [7, 11) is -4.39. The average molecular weight is 366 g/mol. The fraction of sp³-hybridized carbons (Fsp3) is 0. The number of rotatable bonds is 6. The van der Waals surface area contributed by atoms with E-state index in [4.69, 9.17) is 0 Å². The second kappa shape index (κ2) is 7.02. The van der Waals surface area contributed by atoms with Crippen LogP contribution < -0.4 is 10.3 Å². The Balaban J connectivity index is 2.16. The lowest BCUT2D eigenvalue weighted by atomic mass is 10.2. The highest BCUT2D eigenvalue weighted by molar-refractivity contribution is 7.89. The van der Waals surface area contributed by atoms with Crippen LogP contribution in [0, 0.1) is 20.2 Å². The van der Waals surface area contributed by atoms with E-state index in [1.165, 1.54) is 12.1 Å². The van der Waals surface area contributed by atoms with Crippen LogP contribution in [0.5, 0.6) is 0 Å². The van der Waals surface area contributed by atoms with Gasteiger partial charge in [-0.15, -0.1) is 4.83 Å². The predicted molar refractivity (Wildman–Crippen MR) is 84.0 cm³/mol. The zero-order valence-electron chi connectivity index (χ0n) is 12.3. The first kappa shape index (κ1) is 18.0. The van der Waals surface area contributed by atoms with Gasteiger partial charge in [-0.05, 0) is 18.2 Å². The van der Waals surface area contributed by atoms with Gasteiger partial charge in [0, 0.05) is 23.8 Å². The van der Waals surface area contributed by atoms with Crippen molar-refractivity contribution in [3.05, 3.63) is 74.3 Å². The van der Waals surface area contributed by atoms with E-state index in [-0.39, 0.29) is 11.3 Å². The first-order chi connectivity index (χ1) is 11.7. The van der Waals surface area contributed by atoms with Crippen LogP contribution in [0.2, 0.25) is 0 Å². The number of nitro benzene ring substituents is 2.